The molecule has 266 valence electrons. The Bertz CT molecular complexity index is 1630. The van der Waals surface area contributed by atoms with Crippen molar-refractivity contribution in [1.29, 1.82) is 0 Å². The predicted molar refractivity (Wildman–Crippen MR) is 171 cm³/mol. The Morgan fingerprint density at radius 2 is 1.84 bits per heavy atom. The fraction of sp³-hybridized carbons (Fsp3) is 0.500. The molecule has 4 atom stereocenters. The number of aromatic nitrogens is 2. The van der Waals surface area contributed by atoms with Crippen LogP contribution >= 0.6 is 11.3 Å². The maximum atomic E-state index is 13.9. The first kappa shape index (κ1) is 37.5. The zero-order valence-electron chi connectivity index (χ0n) is 27.3. The number of benzene rings is 1. The summed E-state index contributed by atoms with van der Waals surface area (Å²) in [5.41, 5.74) is 4.97. The van der Waals surface area contributed by atoms with Gasteiger partial charge in [-0.15, -0.1) is 11.3 Å². The summed E-state index contributed by atoms with van der Waals surface area (Å²) in [4.78, 5) is 56.3. The van der Waals surface area contributed by atoms with Gasteiger partial charge in [-0.25, -0.2) is 9.78 Å². The van der Waals surface area contributed by atoms with Crippen molar-refractivity contribution < 1.29 is 47.1 Å². The number of carboxylic acids is 1. The second-order valence-corrected chi connectivity index (χ2v) is 13.8. The molecule has 0 radical (unpaired) electrons. The number of hydrogen-bond donors (Lipinski definition) is 5. The summed E-state index contributed by atoms with van der Waals surface area (Å²) in [5, 5.41) is 30.7. The van der Waals surface area contributed by atoms with Crippen LogP contribution in [0.15, 0.2) is 40.6 Å². The van der Waals surface area contributed by atoms with E-state index in [9.17, 15) is 32.7 Å². The summed E-state index contributed by atoms with van der Waals surface area (Å²) in [6.07, 6.45) is -3.65. The largest absolute Gasteiger partial charge is 0.490 e. The molecule has 4 heterocycles. The molecule has 1 unspecified atom stereocenters. The van der Waals surface area contributed by atoms with Crippen LogP contribution < -0.4 is 16.0 Å². The molecular formula is C32H39F3N6O7S. The second kappa shape index (κ2) is 15.5. The molecule has 0 spiro atoms. The van der Waals surface area contributed by atoms with Crippen LogP contribution in [0.3, 0.4) is 0 Å². The summed E-state index contributed by atoms with van der Waals surface area (Å²) in [7, 11) is 0. The van der Waals surface area contributed by atoms with E-state index >= 15 is 0 Å². The number of rotatable bonds is 8. The van der Waals surface area contributed by atoms with Gasteiger partial charge >= 0.3 is 12.1 Å². The van der Waals surface area contributed by atoms with E-state index in [4.69, 9.17) is 14.4 Å². The van der Waals surface area contributed by atoms with Crippen LogP contribution in [0.1, 0.15) is 66.8 Å². The Morgan fingerprint density at radius 1 is 1.16 bits per heavy atom. The van der Waals surface area contributed by atoms with Gasteiger partial charge in [0, 0.05) is 32.0 Å². The van der Waals surface area contributed by atoms with Crippen LogP contribution in [0.5, 0.6) is 0 Å². The molecule has 5 N–H and O–H groups in total. The highest BCUT2D eigenvalue weighted by Crippen LogP contribution is 2.29. The molecule has 5 rings (SSSR count). The van der Waals surface area contributed by atoms with Crippen LogP contribution in [-0.4, -0.2) is 92.9 Å². The zero-order chi connectivity index (χ0) is 36.1. The lowest BCUT2D eigenvalue weighted by Gasteiger charge is -2.35. The number of aliphatic carboxylic acids is 1. The van der Waals surface area contributed by atoms with Crippen molar-refractivity contribution in [1.82, 2.24) is 31.0 Å². The van der Waals surface area contributed by atoms with Crippen LogP contribution in [0, 0.1) is 12.3 Å². The lowest BCUT2D eigenvalue weighted by molar-refractivity contribution is -0.192. The Balaban J connectivity index is 0.000000698. The number of likely N-dealkylation sites (tertiary alicyclic amines) is 1. The summed E-state index contributed by atoms with van der Waals surface area (Å²) >= 11 is 1.58. The fourth-order valence-electron chi connectivity index (χ4n) is 5.59. The van der Waals surface area contributed by atoms with Crippen LogP contribution in [0.25, 0.3) is 10.4 Å². The highest BCUT2D eigenvalue weighted by molar-refractivity contribution is 7.13. The molecule has 1 aromatic carbocycles. The second-order valence-electron chi connectivity index (χ2n) is 13.0. The number of thiazole rings is 1. The summed E-state index contributed by atoms with van der Waals surface area (Å²) in [6, 6.07) is 6.09. The lowest BCUT2D eigenvalue weighted by Crippen LogP contribution is -2.57. The normalized spacial score (nSPS) is 19.9. The maximum Gasteiger partial charge on any atom is 0.490 e. The number of carboxylic acid groups (broad SMARTS) is 1. The number of β-amino-alcohol motifs (C(OH)–C–C–N with tert-alkyl or cyclic N) is 1. The molecule has 2 saturated heterocycles. The number of carbonyl (C=O) groups excluding carboxylic acids is 3. The Kier molecular flexibility index (Phi) is 11.8. The minimum absolute atomic E-state index is 0.00846. The Hall–Kier alpha value is -4.35. The van der Waals surface area contributed by atoms with Gasteiger partial charge < -0.3 is 35.6 Å². The lowest BCUT2D eigenvalue weighted by atomic mass is 9.85. The van der Waals surface area contributed by atoms with Crippen molar-refractivity contribution in [2.24, 2.45) is 5.41 Å². The van der Waals surface area contributed by atoms with E-state index in [0.717, 1.165) is 34.7 Å². The van der Waals surface area contributed by atoms with E-state index < -0.39 is 47.6 Å². The molecule has 17 heteroatoms. The molecule has 2 aliphatic heterocycles. The Morgan fingerprint density at radius 3 is 2.39 bits per heavy atom. The molecular weight excluding hydrogens is 669 g/mol. The third-order valence-electron chi connectivity index (χ3n) is 8.21. The van der Waals surface area contributed by atoms with Gasteiger partial charge in [-0.2, -0.15) is 13.2 Å². The minimum atomic E-state index is -5.08. The third kappa shape index (κ3) is 9.42. The van der Waals surface area contributed by atoms with Crippen LogP contribution in [-0.2, 0) is 20.9 Å². The molecule has 49 heavy (non-hydrogen) atoms. The highest BCUT2D eigenvalue weighted by Gasteiger charge is 2.45. The van der Waals surface area contributed by atoms with Gasteiger partial charge in [0.1, 0.15) is 29.6 Å². The maximum absolute atomic E-state index is 13.9. The van der Waals surface area contributed by atoms with Gasteiger partial charge in [-0.1, -0.05) is 50.2 Å². The monoisotopic (exact) mass is 708 g/mol. The van der Waals surface area contributed by atoms with Crippen LogP contribution in [0.4, 0.5) is 13.2 Å². The van der Waals surface area contributed by atoms with E-state index in [1.54, 1.807) is 11.3 Å². The number of nitrogens with one attached hydrogen (secondary N) is 3. The Labute approximate surface area is 284 Å². The van der Waals surface area contributed by atoms with Crippen molar-refractivity contribution >= 4 is 35.0 Å². The van der Waals surface area contributed by atoms with Crippen molar-refractivity contribution in [2.45, 2.75) is 77.4 Å². The van der Waals surface area contributed by atoms with Crippen molar-refractivity contribution in [3.05, 3.63) is 58.6 Å². The quantitative estimate of drug-likeness (QED) is 0.233. The smallest absolute Gasteiger partial charge is 0.475 e. The van der Waals surface area contributed by atoms with Crippen LogP contribution in [0.2, 0.25) is 0 Å². The van der Waals surface area contributed by atoms with Gasteiger partial charge in [-0.3, -0.25) is 14.4 Å². The van der Waals surface area contributed by atoms with E-state index in [0.29, 0.717) is 17.8 Å². The van der Waals surface area contributed by atoms with Crippen molar-refractivity contribution in [3.8, 4) is 10.4 Å². The number of hydrogen-bond acceptors (Lipinski definition) is 10. The van der Waals surface area contributed by atoms with E-state index in [-0.39, 0.29) is 31.3 Å². The van der Waals surface area contributed by atoms with Gasteiger partial charge in [0.05, 0.1) is 22.2 Å². The standard InChI is InChI=1S/C30H38N6O5S.C2HF3O2/c1-17-25(42-16-33-17)19-7-5-18(6-8-19)12-32-28(39)23-11-21(37)14-36(23)29(40)26(30(2,3)4)34-27(38)22-15-41-35-24(22)20-9-10-31-13-20;3-2(4,5)1(6)7/h5-8,15-16,20-21,23,26,31,37H,9-14H2,1-4H3,(H,32,39)(H,34,38);(H,6,7)/t20?,21-,23+,26+;/m1./s1. The number of nitrogens with zero attached hydrogens (tertiary/aromatic N) is 3. The molecule has 0 bridgehead atoms. The van der Waals surface area contributed by atoms with Crippen molar-refractivity contribution in [2.75, 3.05) is 19.6 Å². The average molecular weight is 709 g/mol. The number of aliphatic hydroxyl groups excluding tert-OH is 1. The number of amides is 3. The first-order valence-electron chi connectivity index (χ1n) is 15.5. The van der Waals surface area contributed by atoms with Gasteiger partial charge in [0.25, 0.3) is 5.91 Å². The highest BCUT2D eigenvalue weighted by atomic mass is 32.1. The summed E-state index contributed by atoms with van der Waals surface area (Å²) in [5.74, 6) is -3.92. The zero-order valence-corrected chi connectivity index (χ0v) is 28.2. The van der Waals surface area contributed by atoms with Gasteiger partial charge in [-0.05, 0) is 36.4 Å². The van der Waals surface area contributed by atoms with E-state index in [1.165, 1.54) is 11.2 Å². The SMILES string of the molecule is Cc1ncsc1-c1ccc(CNC(=O)[C@@H]2C[C@@H](O)CN2C(=O)[C@H](NC(=O)c2conc2C2CCNC2)C(C)(C)C)cc1.O=C(O)C(F)(F)F. The van der Waals surface area contributed by atoms with Gasteiger partial charge in [0.15, 0.2) is 0 Å². The predicted octanol–water partition coefficient (Wildman–Crippen LogP) is 3.24. The number of alkyl halides is 3. The molecule has 2 aliphatic rings. The minimum Gasteiger partial charge on any atom is -0.475 e. The van der Waals surface area contributed by atoms with Gasteiger partial charge in [0.2, 0.25) is 11.8 Å². The summed E-state index contributed by atoms with van der Waals surface area (Å²) in [6.45, 7) is 9.35. The number of halogens is 3. The first-order chi connectivity index (χ1) is 23.0. The molecule has 3 aromatic rings. The molecule has 3 amide bonds. The molecule has 0 aliphatic carbocycles. The summed E-state index contributed by atoms with van der Waals surface area (Å²) < 4.78 is 36.9. The van der Waals surface area contributed by atoms with Crippen molar-refractivity contribution in [3.63, 3.8) is 0 Å². The molecule has 2 aromatic heterocycles. The first-order valence-corrected chi connectivity index (χ1v) is 16.4. The van der Waals surface area contributed by atoms with E-state index in [2.05, 4.69) is 26.1 Å². The van der Waals surface area contributed by atoms with E-state index in [1.807, 2.05) is 57.5 Å². The fourth-order valence-corrected chi connectivity index (χ4v) is 6.40. The third-order valence-corrected chi connectivity index (χ3v) is 9.19. The number of aliphatic hydroxyl groups is 1. The average Bonchev–Trinajstić information content (AvgIpc) is 3.85. The number of carbonyl (C=O) groups is 4. The molecule has 0 saturated carbocycles. The topological polar surface area (TPSA) is 187 Å². The molecule has 2 fully saturated rings. The number of aryl methyl sites for hydroxylation is 1. The molecule has 13 nitrogen and oxygen atoms in total.